The monoisotopic (exact) mass is 912 g/mol. The van der Waals surface area contributed by atoms with Crippen molar-refractivity contribution in [2.24, 2.45) is 79.8 Å². The number of aromatic amines is 1. The number of likely N-dealkylation sites (tertiary alicyclic amines) is 1. The number of fused-ring (bicyclic) bond motifs is 7. The highest BCUT2D eigenvalue weighted by molar-refractivity contribution is 5.85. The summed E-state index contributed by atoms with van der Waals surface area (Å²) < 4.78 is 12.5. The standard InChI is InChI=1S/C59H81N3O5/c1-10-55(6)42(51(63)66-36-38-18-13-11-14-19-38)34-43(55)52(64)67-48-27-28-56(7)46(54(48,4)5)26-29-58(9)47(56)24-23-41-49-40(37(2)3)25-30-59(49,32-31-57(41,58)8)53(65)62-33-17-22-45(62)50-60-35-44(61-50)39-20-15-12-16-21-39/h11-16,18-21,35,37,40-43,45-49H,10,17,22-34,36H2,1-9H3,(H,60,61). The number of amides is 1. The maximum atomic E-state index is 15.7. The second-order valence-corrected chi connectivity index (χ2v) is 25.1. The number of nitrogens with zero attached hydrogens (tertiary/aromatic N) is 2. The van der Waals surface area contributed by atoms with Gasteiger partial charge in [0.1, 0.15) is 18.5 Å². The molecule has 8 heteroatoms. The van der Waals surface area contributed by atoms with Crippen LogP contribution < -0.4 is 0 Å². The number of benzene rings is 2. The van der Waals surface area contributed by atoms with E-state index in [1.165, 1.54) is 19.3 Å². The van der Waals surface area contributed by atoms with Crippen molar-refractivity contribution in [3.8, 4) is 11.3 Å². The fraction of sp³-hybridized carbons (Fsp3) is 0.695. The van der Waals surface area contributed by atoms with Gasteiger partial charge in [0.25, 0.3) is 0 Å². The van der Waals surface area contributed by atoms with Crippen LogP contribution in [-0.4, -0.2) is 45.4 Å². The van der Waals surface area contributed by atoms with Crippen molar-refractivity contribution in [1.29, 1.82) is 0 Å². The van der Waals surface area contributed by atoms with E-state index in [2.05, 4.69) is 96.5 Å². The molecule has 7 fully saturated rings. The number of hydrogen-bond donors (Lipinski definition) is 1. The largest absolute Gasteiger partial charge is 0.462 e. The van der Waals surface area contributed by atoms with E-state index >= 15 is 4.79 Å². The van der Waals surface area contributed by atoms with E-state index in [0.29, 0.717) is 47.8 Å². The van der Waals surface area contributed by atoms with Crippen LogP contribution in [-0.2, 0) is 30.5 Å². The fourth-order valence-corrected chi connectivity index (χ4v) is 17.9. The summed E-state index contributed by atoms with van der Waals surface area (Å²) >= 11 is 0. The van der Waals surface area contributed by atoms with Gasteiger partial charge in [0.05, 0.1) is 35.2 Å². The molecule has 0 spiro atoms. The summed E-state index contributed by atoms with van der Waals surface area (Å²) in [5.74, 6) is 3.49. The summed E-state index contributed by atoms with van der Waals surface area (Å²) in [5, 5.41) is 0. The summed E-state index contributed by atoms with van der Waals surface area (Å²) in [6.45, 7) is 22.9. The maximum absolute atomic E-state index is 15.7. The molecule has 0 bridgehead atoms. The van der Waals surface area contributed by atoms with Crippen molar-refractivity contribution >= 4 is 17.8 Å². The molecule has 1 saturated heterocycles. The molecule has 3 aromatic rings. The number of aromatic nitrogens is 2. The van der Waals surface area contributed by atoms with Crippen molar-refractivity contribution in [1.82, 2.24) is 14.9 Å². The van der Waals surface area contributed by atoms with E-state index in [9.17, 15) is 9.59 Å². The SMILES string of the molecule is CCC1(C)C(C(=O)OCc2ccccc2)CC1C(=O)OC1CCC2(C)C(CCC3(C)C2CCC2C4C(C(C)C)CCC4(C(=O)N4CCCC4c4ncc(-c5ccccc5)[nH]4)CCC23C)C1(C)C. The number of esters is 2. The minimum absolute atomic E-state index is 0.00315. The summed E-state index contributed by atoms with van der Waals surface area (Å²) in [4.78, 5) is 54.2. The van der Waals surface area contributed by atoms with E-state index in [1.54, 1.807) is 0 Å². The average Bonchev–Trinajstić information content (AvgIpc) is 4.09. The second kappa shape index (κ2) is 16.9. The van der Waals surface area contributed by atoms with Crippen molar-refractivity contribution in [2.75, 3.05) is 6.54 Å². The Labute approximate surface area is 401 Å². The third-order valence-electron chi connectivity index (χ3n) is 22.1. The number of imidazole rings is 1. The van der Waals surface area contributed by atoms with Crippen molar-refractivity contribution in [3.63, 3.8) is 0 Å². The normalized spacial score (nSPS) is 40.7. The minimum Gasteiger partial charge on any atom is -0.462 e. The predicted octanol–water partition coefficient (Wildman–Crippen LogP) is 13.2. The number of carbonyl (C=O) groups is 3. The number of hydrogen-bond acceptors (Lipinski definition) is 6. The molecule has 1 aliphatic heterocycles. The van der Waals surface area contributed by atoms with Crippen LogP contribution in [0.4, 0.5) is 0 Å². The zero-order valence-corrected chi connectivity index (χ0v) is 42.4. The zero-order chi connectivity index (χ0) is 47.3. The molecule has 8 nitrogen and oxygen atoms in total. The first-order chi connectivity index (χ1) is 31.9. The van der Waals surface area contributed by atoms with Crippen LogP contribution in [0, 0.1) is 79.8 Å². The Balaban J connectivity index is 0.851. The molecule has 1 aromatic heterocycles. The lowest BCUT2D eigenvalue weighted by Gasteiger charge is -2.73. The molecule has 2 heterocycles. The third kappa shape index (κ3) is 7.06. The first-order valence-corrected chi connectivity index (χ1v) is 26.8. The summed E-state index contributed by atoms with van der Waals surface area (Å²) in [6, 6.07) is 20.2. The number of carbonyl (C=O) groups excluding carboxylic acids is 3. The van der Waals surface area contributed by atoms with Crippen LogP contribution in [0.3, 0.4) is 0 Å². The van der Waals surface area contributed by atoms with Gasteiger partial charge in [-0.3, -0.25) is 14.4 Å². The number of H-pyrrole nitrogens is 1. The molecular weight excluding hydrogens is 831 g/mol. The van der Waals surface area contributed by atoms with Gasteiger partial charge >= 0.3 is 11.9 Å². The van der Waals surface area contributed by atoms with Gasteiger partial charge in [-0.05, 0) is 158 Å². The van der Waals surface area contributed by atoms with Crippen molar-refractivity contribution in [2.45, 2.75) is 171 Å². The van der Waals surface area contributed by atoms with Gasteiger partial charge in [-0.15, -0.1) is 0 Å². The minimum atomic E-state index is -0.475. The smallest absolute Gasteiger partial charge is 0.309 e. The van der Waals surface area contributed by atoms with Crippen LogP contribution in [0.25, 0.3) is 11.3 Å². The molecule has 14 atom stereocenters. The summed E-state index contributed by atoms with van der Waals surface area (Å²) in [7, 11) is 0. The van der Waals surface area contributed by atoms with Crippen LogP contribution in [0.15, 0.2) is 66.9 Å². The highest BCUT2D eigenvalue weighted by atomic mass is 16.5. The molecule has 1 amide bonds. The van der Waals surface area contributed by atoms with Gasteiger partial charge in [0.2, 0.25) is 5.91 Å². The molecule has 2 aromatic carbocycles. The molecular formula is C59H81N3O5. The first kappa shape index (κ1) is 46.8. The average molecular weight is 912 g/mol. The maximum Gasteiger partial charge on any atom is 0.309 e. The van der Waals surface area contributed by atoms with Gasteiger partial charge in [0, 0.05) is 12.0 Å². The van der Waals surface area contributed by atoms with Gasteiger partial charge < -0.3 is 19.4 Å². The Bertz CT molecular complexity index is 2330. The van der Waals surface area contributed by atoms with Crippen molar-refractivity contribution < 1.29 is 23.9 Å². The fourth-order valence-electron chi connectivity index (χ4n) is 17.9. The number of ether oxygens (including phenoxy) is 2. The lowest BCUT2D eigenvalue weighted by molar-refractivity contribution is -0.253. The van der Waals surface area contributed by atoms with E-state index in [0.717, 1.165) is 93.4 Å². The van der Waals surface area contributed by atoms with Gasteiger partial charge in [-0.1, -0.05) is 123 Å². The third-order valence-corrected chi connectivity index (χ3v) is 22.1. The molecule has 1 N–H and O–H groups in total. The van der Waals surface area contributed by atoms with Crippen LogP contribution in [0.5, 0.6) is 0 Å². The van der Waals surface area contributed by atoms with E-state index in [1.807, 2.05) is 42.6 Å². The van der Waals surface area contributed by atoms with Crippen LogP contribution >= 0.6 is 0 Å². The second-order valence-electron chi connectivity index (χ2n) is 25.1. The lowest BCUT2D eigenvalue weighted by atomic mass is 9.32. The van der Waals surface area contributed by atoms with E-state index in [4.69, 9.17) is 14.5 Å². The molecule has 14 unspecified atom stereocenters. The summed E-state index contributed by atoms with van der Waals surface area (Å²) in [6.07, 6.45) is 16.0. The Hall–Kier alpha value is -3.94. The highest BCUT2D eigenvalue weighted by Gasteiger charge is 2.73. The number of rotatable bonds is 10. The molecule has 362 valence electrons. The lowest BCUT2D eigenvalue weighted by Crippen LogP contribution is -2.67. The van der Waals surface area contributed by atoms with Crippen LogP contribution in [0.2, 0.25) is 0 Å². The Morgan fingerprint density at radius 1 is 0.776 bits per heavy atom. The van der Waals surface area contributed by atoms with E-state index < -0.39 is 5.41 Å². The molecule has 6 saturated carbocycles. The molecule has 67 heavy (non-hydrogen) atoms. The molecule has 6 aliphatic carbocycles. The van der Waals surface area contributed by atoms with Gasteiger partial charge in [0.15, 0.2) is 0 Å². The topological polar surface area (TPSA) is 102 Å². The molecule has 10 rings (SSSR count). The van der Waals surface area contributed by atoms with Gasteiger partial charge in [-0.25, -0.2) is 4.98 Å². The van der Waals surface area contributed by atoms with Gasteiger partial charge in [-0.2, -0.15) is 0 Å². The Kier molecular flexibility index (Phi) is 11.8. The Morgan fingerprint density at radius 3 is 2.21 bits per heavy atom. The first-order valence-electron chi connectivity index (χ1n) is 26.8. The number of nitrogens with one attached hydrogen (secondary N) is 1. The quantitative estimate of drug-likeness (QED) is 0.203. The molecule has 7 aliphatic rings. The zero-order valence-electron chi connectivity index (χ0n) is 42.4. The molecule has 0 radical (unpaired) electrons. The van der Waals surface area contributed by atoms with E-state index in [-0.39, 0.29) is 69.6 Å². The summed E-state index contributed by atoms with van der Waals surface area (Å²) in [5.41, 5.74) is 2.61. The Morgan fingerprint density at radius 2 is 1.49 bits per heavy atom. The van der Waals surface area contributed by atoms with Crippen molar-refractivity contribution in [3.05, 3.63) is 78.2 Å². The van der Waals surface area contributed by atoms with Crippen LogP contribution in [0.1, 0.15) is 170 Å². The predicted molar refractivity (Wildman–Crippen MR) is 263 cm³/mol. The highest BCUT2D eigenvalue weighted by Crippen LogP contribution is 2.78.